The molecule has 1 aliphatic heterocycles. The molecule has 0 aromatic rings. The summed E-state index contributed by atoms with van der Waals surface area (Å²) in [7, 11) is 0. The zero-order valence-corrected chi connectivity index (χ0v) is 5.41. The van der Waals surface area contributed by atoms with Crippen molar-refractivity contribution in [3.8, 4) is 0 Å². The molecule has 11 heavy (non-hydrogen) atoms. The van der Waals surface area contributed by atoms with Crippen molar-refractivity contribution in [3.05, 3.63) is 0 Å². The fourth-order valence-corrected chi connectivity index (χ4v) is 0.716. The van der Waals surface area contributed by atoms with Gasteiger partial charge in [0.25, 0.3) is 0 Å². The molecule has 0 bridgehead atoms. The summed E-state index contributed by atoms with van der Waals surface area (Å²) in [5, 5.41) is 1.33. The van der Waals surface area contributed by atoms with Crippen LogP contribution >= 0.6 is 0 Å². The second-order valence-electron chi connectivity index (χ2n) is 2.20. The van der Waals surface area contributed by atoms with E-state index in [1.54, 1.807) is 0 Å². The SMILES string of the molecule is [2H]C([2H])([2H])C1(C([2H])([2H])[2H])[15NH]C(C([2H])([2H])[2H])(C([2H])([2H])[2H])C([2H])([2H])C(=O)C1([2H])[2H]. The molecule has 64 valence electrons. The van der Waals surface area contributed by atoms with E-state index in [-0.39, 0.29) is 0 Å². The molecule has 0 saturated carbocycles. The molecule has 0 aromatic carbocycles. The first-order chi connectivity index (χ1) is 11.4. The highest BCUT2D eigenvalue weighted by Crippen LogP contribution is 2.25. The van der Waals surface area contributed by atoms with Crippen molar-refractivity contribution in [1.29, 1.82) is 0 Å². The van der Waals surface area contributed by atoms with Crippen LogP contribution < -0.4 is 5.32 Å². The van der Waals surface area contributed by atoms with E-state index < -0.39 is 57.0 Å². The molecule has 2 heteroatoms. The Bertz CT molecular complexity index is 538. The number of piperidine rings is 1. The van der Waals surface area contributed by atoms with E-state index in [1.165, 1.54) is 5.32 Å². The number of ketones is 1. The normalized spacial score (nSPS) is 63.8. The van der Waals surface area contributed by atoms with Gasteiger partial charge in [-0.15, -0.1) is 0 Å². The van der Waals surface area contributed by atoms with Gasteiger partial charge in [0.1, 0.15) is 5.78 Å². The van der Waals surface area contributed by atoms with Crippen LogP contribution in [0, 0.1) is 0 Å². The van der Waals surface area contributed by atoms with Gasteiger partial charge in [0.2, 0.25) is 0 Å². The van der Waals surface area contributed by atoms with Crippen LogP contribution in [-0.2, 0) is 4.79 Å². The van der Waals surface area contributed by atoms with Gasteiger partial charge in [0, 0.05) is 45.8 Å². The third kappa shape index (κ3) is 2.29. The quantitative estimate of drug-likeness (QED) is 0.561. The molecule has 1 N–H and O–H groups in total. The summed E-state index contributed by atoms with van der Waals surface area (Å²) in [6, 6.07) is 0. The lowest BCUT2D eigenvalue weighted by Gasteiger charge is -2.41. The molecule has 1 fully saturated rings. The minimum absolute atomic E-state index is 1.33. The Hall–Kier alpha value is -0.370. The highest BCUT2D eigenvalue weighted by molar-refractivity contribution is 5.81. The number of nitrogens with one attached hydrogen (secondary N) is 1. The zero-order chi connectivity index (χ0) is 22.3. The number of hydrogen-bond acceptors (Lipinski definition) is 2. The van der Waals surface area contributed by atoms with Crippen LogP contribution in [0.4, 0.5) is 0 Å². The summed E-state index contributed by atoms with van der Waals surface area (Å²) in [6.07, 6.45) is -8.01. The summed E-state index contributed by atoms with van der Waals surface area (Å²) in [5.41, 5.74) is -8.00. The van der Waals surface area contributed by atoms with Crippen LogP contribution in [0.25, 0.3) is 0 Å². The van der Waals surface area contributed by atoms with Gasteiger partial charge in [-0.3, -0.25) is 4.79 Å². The van der Waals surface area contributed by atoms with Gasteiger partial charge in [-0.25, -0.2) is 0 Å². The van der Waals surface area contributed by atoms with Crippen molar-refractivity contribution in [2.24, 2.45) is 0 Å². The molecule has 0 amide bonds. The lowest BCUT2D eigenvalue weighted by Crippen LogP contribution is -2.58. The molecule has 0 atom stereocenters. The first-order valence-electron chi connectivity index (χ1n) is 10.7. The largest absolute Gasteiger partial charge is 0.306 e. The van der Waals surface area contributed by atoms with Gasteiger partial charge in [-0.2, -0.15) is 0 Å². The van der Waals surface area contributed by atoms with Crippen molar-refractivity contribution in [2.45, 2.75) is 51.2 Å². The zero-order valence-electron chi connectivity index (χ0n) is 21.4. The van der Waals surface area contributed by atoms with Crippen molar-refractivity contribution < 1.29 is 26.7 Å². The maximum Gasteiger partial charge on any atom is 0.136 e. The summed E-state index contributed by atoms with van der Waals surface area (Å²) < 4.78 is 122. The smallest absolute Gasteiger partial charge is 0.136 e. The summed E-state index contributed by atoms with van der Waals surface area (Å²) >= 11 is 0. The Morgan fingerprint density at radius 1 is 1.36 bits per heavy atom. The Labute approximate surface area is 90.8 Å². The molecular weight excluding hydrogens is 139 g/mol. The van der Waals surface area contributed by atoms with Crippen molar-refractivity contribution >= 4 is 5.78 Å². The second-order valence-corrected chi connectivity index (χ2v) is 2.20. The van der Waals surface area contributed by atoms with E-state index in [2.05, 4.69) is 0 Å². The Kier molecular flexibility index (Phi) is 0.292. The predicted octanol–water partition coefficient (Wildman–Crippen LogP) is 1.50. The van der Waals surface area contributed by atoms with Crippen molar-refractivity contribution in [2.75, 3.05) is 0 Å². The maximum absolute atomic E-state index is 12.6. The number of Topliss-reactive ketones (excluding diaryl/α,β-unsaturated/α-hetero) is 1. The average molecular weight is 172 g/mol. The predicted molar refractivity (Wildman–Crippen MR) is 45.5 cm³/mol. The third-order valence-electron chi connectivity index (χ3n) is 0.977. The lowest BCUT2D eigenvalue weighted by molar-refractivity contribution is -0.124. The van der Waals surface area contributed by atoms with E-state index in [0.29, 0.717) is 0 Å². The van der Waals surface area contributed by atoms with Crippen LogP contribution in [0.15, 0.2) is 0 Å². The first-order valence-corrected chi connectivity index (χ1v) is 2.70. The Morgan fingerprint density at radius 2 is 1.82 bits per heavy atom. The number of hydrogen-bond donors (Lipinski definition) is 1. The van der Waals surface area contributed by atoms with Crippen LogP contribution in [0.5, 0.6) is 0 Å². The van der Waals surface area contributed by atoms with E-state index in [0.717, 1.165) is 0 Å². The first kappa shape index (κ1) is 1.39. The number of carbonyl (C=O) groups is 1. The van der Waals surface area contributed by atoms with E-state index in [4.69, 9.17) is 21.9 Å². The summed E-state index contributed by atoms with van der Waals surface area (Å²) in [4.78, 5) is 12.6. The molecule has 1 saturated heterocycles. The fourth-order valence-electron chi connectivity index (χ4n) is 0.716. The monoisotopic (exact) mass is 172 g/mol. The van der Waals surface area contributed by atoms with E-state index >= 15 is 0 Å². The van der Waals surface area contributed by atoms with Gasteiger partial charge in [0.15, 0.2) is 0 Å². The molecule has 0 radical (unpaired) electrons. The molecule has 1 aliphatic rings. The van der Waals surface area contributed by atoms with Crippen molar-refractivity contribution in [1.82, 2.24) is 5.32 Å². The molecule has 0 aromatic heterocycles. The Morgan fingerprint density at radius 3 is 2.18 bits per heavy atom. The summed E-state index contributed by atoms with van der Waals surface area (Å²) in [5.74, 6) is -2.40. The lowest BCUT2D eigenvalue weighted by atomic mass is 9.86. The molecule has 0 spiro atoms. The van der Waals surface area contributed by atoms with Gasteiger partial charge in [-0.1, -0.05) is 0 Å². The number of carbonyl (C=O) groups excluding carboxylic acids is 1. The van der Waals surface area contributed by atoms with Gasteiger partial charge >= 0.3 is 0 Å². The highest BCUT2D eigenvalue weighted by atomic mass is 16.1. The molecule has 1 heterocycles. The van der Waals surface area contributed by atoms with Gasteiger partial charge in [0.05, 0.1) is 0 Å². The number of rotatable bonds is 0. The molecule has 1 rings (SSSR count). The fraction of sp³-hybridized carbons (Fsp3) is 0.889. The Balaban J connectivity index is 4.23. The standard InChI is InChI=1S/C9H17NO/c1-8(2)5-7(11)6-9(3,4)10-8/h10H,5-6H2,1-4H3/i1D3,2D3,3D3,4D3,5D2,6D2,10+1. The topological polar surface area (TPSA) is 29.1 Å². The average Bonchev–Trinajstić information content (AvgIpc) is 2.29. The minimum Gasteiger partial charge on any atom is -0.306 e. The molecular formula is C9H17NO. The van der Waals surface area contributed by atoms with Crippen LogP contribution in [0.1, 0.15) is 62.1 Å². The summed E-state index contributed by atoms with van der Waals surface area (Å²) in [6.45, 7) is -15.9. The van der Waals surface area contributed by atoms with Crippen molar-refractivity contribution in [3.63, 3.8) is 0 Å². The van der Waals surface area contributed by atoms with Crippen LogP contribution in [-0.4, -0.2) is 16.9 Å². The van der Waals surface area contributed by atoms with Gasteiger partial charge < -0.3 is 5.32 Å². The van der Waals surface area contributed by atoms with Gasteiger partial charge in [-0.05, 0) is 27.4 Å². The maximum atomic E-state index is 12.6. The second kappa shape index (κ2) is 2.31. The molecule has 0 aliphatic carbocycles. The highest BCUT2D eigenvalue weighted by Gasteiger charge is 2.36. The molecule has 2 nitrogen and oxygen atoms in total. The third-order valence-corrected chi connectivity index (χ3v) is 0.977. The van der Waals surface area contributed by atoms with E-state index in [1.807, 2.05) is 0 Å². The minimum atomic E-state index is -4.01. The van der Waals surface area contributed by atoms with Crippen LogP contribution in [0.3, 0.4) is 0 Å². The molecule has 0 unspecified atom stereocenters. The van der Waals surface area contributed by atoms with E-state index in [9.17, 15) is 4.79 Å². The van der Waals surface area contributed by atoms with Crippen LogP contribution in [0.2, 0.25) is 0 Å².